The first kappa shape index (κ1) is 24.8. The normalized spacial score (nSPS) is 18.1. The van der Waals surface area contributed by atoms with E-state index in [9.17, 15) is 4.79 Å². The molecule has 1 aliphatic heterocycles. The highest BCUT2D eigenvalue weighted by molar-refractivity contribution is 6.14. The lowest BCUT2D eigenvalue weighted by atomic mass is 9.93. The Morgan fingerprint density at radius 1 is 0.667 bits per heavy atom. The summed E-state index contributed by atoms with van der Waals surface area (Å²) in [4.78, 5) is 18.1. The molecule has 1 fully saturated rings. The van der Waals surface area contributed by atoms with Crippen molar-refractivity contribution in [3.63, 3.8) is 0 Å². The highest BCUT2D eigenvalue weighted by Crippen LogP contribution is 2.26. The molecule has 0 radical (unpaired) electrons. The monoisotopic (exact) mass is 446 g/mol. The Morgan fingerprint density at radius 2 is 1.00 bits per heavy atom. The third kappa shape index (κ3) is 6.14. The van der Waals surface area contributed by atoms with Crippen molar-refractivity contribution in [3.05, 3.63) is 70.8 Å². The van der Waals surface area contributed by atoms with E-state index in [0.29, 0.717) is 0 Å². The van der Waals surface area contributed by atoms with Gasteiger partial charge in [0.25, 0.3) is 0 Å². The topological polar surface area (TPSA) is 23.6 Å². The van der Waals surface area contributed by atoms with Crippen LogP contribution in [0.5, 0.6) is 0 Å². The summed E-state index contributed by atoms with van der Waals surface area (Å²) >= 11 is 0. The number of likely N-dealkylation sites (tertiary alicyclic amines) is 1. The molecule has 1 saturated heterocycles. The fourth-order valence-corrected chi connectivity index (χ4v) is 4.69. The standard InChI is InChI=1S/C29H40N3O/c1-7-30(8-2)27-15-11-23(12-16-27)19-25-21-32(5,6)22-26(29(25)33)20-24-13-17-28(18-14-24)31(9-3)10-4/h11-20H,7-10,21-22H2,1-6H3/q+1/b25-19+,26-20+. The van der Waals surface area contributed by atoms with E-state index in [2.05, 4.69) is 112 Å². The molecule has 0 spiro atoms. The molecule has 4 nitrogen and oxygen atoms in total. The number of piperidine rings is 1. The molecule has 0 saturated carbocycles. The van der Waals surface area contributed by atoms with E-state index in [4.69, 9.17) is 0 Å². The number of hydrogen-bond acceptors (Lipinski definition) is 3. The van der Waals surface area contributed by atoms with Gasteiger partial charge in [-0.25, -0.2) is 0 Å². The summed E-state index contributed by atoms with van der Waals surface area (Å²) in [6.45, 7) is 14.1. The van der Waals surface area contributed by atoms with Gasteiger partial charge in [0.05, 0.1) is 25.2 Å². The number of likely N-dealkylation sites (N-methyl/N-ethyl adjacent to an activating group) is 1. The van der Waals surface area contributed by atoms with Crippen molar-refractivity contribution >= 4 is 29.3 Å². The molecule has 0 unspecified atom stereocenters. The van der Waals surface area contributed by atoms with Crippen molar-refractivity contribution < 1.29 is 9.28 Å². The van der Waals surface area contributed by atoms with Gasteiger partial charge >= 0.3 is 0 Å². The molecule has 0 atom stereocenters. The van der Waals surface area contributed by atoms with Gasteiger partial charge in [0.2, 0.25) is 0 Å². The van der Waals surface area contributed by atoms with Gasteiger partial charge in [0, 0.05) is 37.6 Å². The Labute approximate surface area is 200 Å². The van der Waals surface area contributed by atoms with Crippen molar-refractivity contribution in [2.24, 2.45) is 0 Å². The van der Waals surface area contributed by atoms with Gasteiger partial charge in [-0.3, -0.25) is 4.79 Å². The van der Waals surface area contributed by atoms with Crippen molar-refractivity contribution in [1.29, 1.82) is 0 Å². The zero-order chi connectivity index (χ0) is 24.0. The zero-order valence-corrected chi connectivity index (χ0v) is 21.3. The van der Waals surface area contributed by atoms with Gasteiger partial charge in [-0.1, -0.05) is 24.3 Å². The van der Waals surface area contributed by atoms with E-state index < -0.39 is 0 Å². The van der Waals surface area contributed by atoms with Crippen LogP contribution in [0.4, 0.5) is 11.4 Å². The SMILES string of the molecule is CCN(CC)c1ccc(/C=C2\C[N+](C)(C)C/C(=C\c3ccc(N(CC)CC)cc3)C2=O)cc1. The molecule has 3 rings (SSSR count). The second-order valence-corrected chi connectivity index (χ2v) is 9.45. The van der Waals surface area contributed by atoms with Crippen LogP contribution in [-0.4, -0.2) is 63.6 Å². The smallest absolute Gasteiger partial charge is 0.196 e. The lowest BCUT2D eigenvalue weighted by molar-refractivity contribution is -0.881. The second-order valence-electron chi connectivity index (χ2n) is 9.45. The Morgan fingerprint density at radius 3 is 1.30 bits per heavy atom. The molecule has 0 aliphatic carbocycles. The van der Waals surface area contributed by atoms with E-state index in [1.54, 1.807) is 0 Å². The first-order valence-corrected chi connectivity index (χ1v) is 12.3. The Bertz CT molecular complexity index is 913. The van der Waals surface area contributed by atoms with E-state index in [1.165, 1.54) is 11.4 Å². The van der Waals surface area contributed by atoms with Crippen LogP contribution < -0.4 is 9.80 Å². The number of ketones is 1. The maximum Gasteiger partial charge on any atom is 0.196 e. The predicted octanol–water partition coefficient (Wildman–Crippen LogP) is 5.51. The Balaban J connectivity index is 1.86. The van der Waals surface area contributed by atoms with Crippen LogP contribution >= 0.6 is 0 Å². The van der Waals surface area contributed by atoms with E-state index >= 15 is 0 Å². The van der Waals surface area contributed by atoms with Crippen LogP contribution in [0.3, 0.4) is 0 Å². The van der Waals surface area contributed by atoms with Crippen molar-refractivity contribution in [2.45, 2.75) is 27.7 Å². The number of rotatable bonds is 8. The van der Waals surface area contributed by atoms with Gasteiger partial charge in [-0.15, -0.1) is 0 Å². The number of Topliss-reactive ketones (excluding diaryl/α,β-unsaturated/α-hetero) is 1. The minimum Gasteiger partial charge on any atom is -0.372 e. The predicted molar refractivity (Wildman–Crippen MR) is 143 cm³/mol. The molecule has 1 heterocycles. The van der Waals surface area contributed by atoms with Crippen LogP contribution in [0, 0.1) is 0 Å². The summed E-state index contributed by atoms with van der Waals surface area (Å²) in [5, 5.41) is 0. The molecule has 33 heavy (non-hydrogen) atoms. The lowest BCUT2D eigenvalue weighted by Crippen LogP contribution is -2.48. The van der Waals surface area contributed by atoms with Gasteiger partial charge in [-0.05, 0) is 75.2 Å². The lowest BCUT2D eigenvalue weighted by Gasteiger charge is -2.35. The largest absolute Gasteiger partial charge is 0.372 e. The quantitative estimate of drug-likeness (QED) is 0.395. The molecular weight excluding hydrogens is 406 g/mol. The molecular formula is C29H40N3O+. The maximum absolute atomic E-state index is 13.4. The summed E-state index contributed by atoms with van der Waals surface area (Å²) < 4.78 is 0.776. The fraction of sp³-hybridized carbons (Fsp3) is 0.414. The number of anilines is 2. The first-order chi connectivity index (χ1) is 15.8. The average molecular weight is 447 g/mol. The summed E-state index contributed by atoms with van der Waals surface area (Å²) in [6, 6.07) is 17.1. The second kappa shape index (κ2) is 10.8. The molecule has 176 valence electrons. The van der Waals surface area contributed by atoms with E-state index in [0.717, 1.165) is 66.0 Å². The Kier molecular flexibility index (Phi) is 8.15. The number of benzene rings is 2. The fourth-order valence-electron chi connectivity index (χ4n) is 4.69. The van der Waals surface area contributed by atoms with Gasteiger partial charge in [-0.2, -0.15) is 0 Å². The van der Waals surface area contributed by atoms with Gasteiger partial charge in [0.15, 0.2) is 5.78 Å². The van der Waals surface area contributed by atoms with E-state index in [-0.39, 0.29) is 5.78 Å². The minimum atomic E-state index is 0.174. The minimum absolute atomic E-state index is 0.174. The van der Waals surface area contributed by atoms with Crippen LogP contribution in [0.25, 0.3) is 12.2 Å². The number of hydrogen-bond donors (Lipinski definition) is 0. The number of quaternary nitrogens is 1. The molecule has 0 N–H and O–H groups in total. The first-order valence-electron chi connectivity index (χ1n) is 12.3. The number of nitrogens with zero attached hydrogens (tertiary/aromatic N) is 3. The third-order valence-electron chi connectivity index (χ3n) is 6.51. The van der Waals surface area contributed by atoms with Crippen LogP contribution in [0.1, 0.15) is 38.8 Å². The van der Waals surface area contributed by atoms with Gasteiger partial charge in [0.1, 0.15) is 13.1 Å². The van der Waals surface area contributed by atoms with Crippen molar-refractivity contribution in [2.75, 3.05) is 63.2 Å². The number of carbonyl (C=O) groups is 1. The molecule has 2 aromatic carbocycles. The van der Waals surface area contributed by atoms with Crippen molar-refractivity contribution in [3.8, 4) is 0 Å². The zero-order valence-electron chi connectivity index (χ0n) is 21.3. The molecule has 0 aromatic heterocycles. The summed E-state index contributed by atoms with van der Waals surface area (Å²) in [7, 11) is 4.39. The summed E-state index contributed by atoms with van der Waals surface area (Å²) in [5.74, 6) is 0.174. The maximum atomic E-state index is 13.4. The highest BCUT2D eigenvalue weighted by Gasteiger charge is 2.33. The molecule has 2 aromatic rings. The third-order valence-corrected chi connectivity index (χ3v) is 6.51. The average Bonchev–Trinajstić information content (AvgIpc) is 2.80. The Hall–Kier alpha value is -2.85. The van der Waals surface area contributed by atoms with Crippen LogP contribution in [-0.2, 0) is 4.79 Å². The summed E-state index contributed by atoms with van der Waals surface area (Å²) in [6.07, 6.45) is 4.15. The van der Waals surface area contributed by atoms with Crippen LogP contribution in [0.2, 0.25) is 0 Å². The number of carbonyl (C=O) groups excluding carboxylic acids is 1. The molecule has 4 heteroatoms. The molecule has 1 aliphatic rings. The molecule has 0 bridgehead atoms. The van der Waals surface area contributed by atoms with E-state index in [1.807, 2.05) is 0 Å². The highest BCUT2D eigenvalue weighted by atomic mass is 16.1. The van der Waals surface area contributed by atoms with Crippen molar-refractivity contribution in [1.82, 2.24) is 0 Å². The molecule has 0 amide bonds. The summed E-state index contributed by atoms with van der Waals surface area (Å²) in [5.41, 5.74) is 6.38. The van der Waals surface area contributed by atoms with Crippen LogP contribution in [0.15, 0.2) is 59.7 Å². The van der Waals surface area contributed by atoms with Gasteiger partial charge < -0.3 is 14.3 Å².